The van der Waals surface area contributed by atoms with Crippen molar-refractivity contribution in [1.29, 1.82) is 0 Å². The summed E-state index contributed by atoms with van der Waals surface area (Å²) in [7, 11) is 0. The Balaban J connectivity index is 1.77. The Kier molecular flexibility index (Phi) is 12.7. The Morgan fingerprint density at radius 2 is 1.22 bits per heavy atom. The number of rotatable bonds is 15. The van der Waals surface area contributed by atoms with Gasteiger partial charge < -0.3 is 10.4 Å². The van der Waals surface area contributed by atoms with E-state index in [0.29, 0.717) is 5.75 Å². The van der Waals surface area contributed by atoms with Crippen LogP contribution in [0.15, 0.2) is 24.3 Å². The molecule has 23 heavy (non-hydrogen) atoms. The summed E-state index contributed by atoms with van der Waals surface area (Å²) in [6.45, 7) is 4.44. The fourth-order valence-electron chi connectivity index (χ4n) is 2.93. The van der Waals surface area contributed by atoms with E-state index in [-0.39, 0.29) is 0 Å². The average molecular weight is 320 g/mol. The number of benzene rings is 1. The van der Waals surface area contributed by atoms with E-state index in [1.165, 1.54) is 76.2 Å². The highest BCUT2D eigenvalue weighted by Gasteiger charge is 1.95. The Morgan fingerprint density at radius 1 is 0.696 bits per heavy atom. The molecule has 1 aromatic carbocycles. The molecule has 0 amide bonds. The monoisotopic (exact) mass is 319 g/mol. The number of hydrogen-bond donors (Lipinski definition) is 2. The molecule has 0 saturated carbocycles. The first-order chi connectivity index (χ1) is 11.3. The van der Waals surface area contributed by atoms with E-state index in [0.717, 1.165) is 19.5 Å². The third kappa shape index (κ3) is 12.1. The molecule has 0 heterocycles. The SMILES string of the molecule is CCCCCCCCCCCCCNCCc1ccc(O)cc1. The van der Waals surface area contributed by atoms with Crippen molar-refractivity contribution in [2.24, 2.45) is 0 Å². The van der Waals surface area contributed by atoms with Gasteiger partial charge in [0.2, 0.25) is 0 Å². The average Bonchev–Trinajstić information content (AvgIpc) is 2.57. The number of phenolic OH excluding ortho intramolecular Hbond substituents is 1. The van der Waals surface area contributed by atoms with Crippen LogP contribution < -0.4 is 5.32 Å². The van der Waals surface area contributed by atoms with Gasteiger partial charge in [0.15, 0.2) is 0 Å². The summed E-state index contributed by atoms with van der Waals surface area (Å²) in [4.78, 5) is 0. The maximum atomic E-state index is 9.24. The first-order valence-corrected chi connectivity index (χ1v) is 9.81. The lowest BCUT2D eigenvalue weighted by Gasteiger charge is -2.05. The summed E-state index contributed by atoms with van der Waals surface area (Å²) in [6, 6.07) is 7.52. The quantitative estimate of drug-likeness (QED) is 0.398. The minimum atomic E-state index is 0.350. The lowest BCUT2D eigenvalue weighted by molar-refractivity contribution is 0.475. The third-order valence-electron chi connectivity index (χ3n) is 4.48. The maximum absolute atomic E-state index is 9.24. The van der Waals surface area contributed by atoms with E-state index >= 15 is 0 Å². The molecule has 132 valence electrons. The van der Waals surface area contributed by atoms with Crippen molar-refractivity contribution >= 4 is 0 Å². The van der Waals surface area contributed by atoms with Crippen LogP contribution in [-0.4, -0.2) is 18.2 Å². The van der Waals surface area contributed by atoms with E-state index in [1.807, 2.05) is 12.1 Å². The molecule has 0 aliphatic heterocycles. The number of nitrogens with one attached hydrogen (secondary N) is 1. The lowest BCUT2D eigenvalue weighted by atomic mass is 10.1. The van der Waals surface area contributed by atoms with Gasteiger partial charge in [-0.25, -0.2) is 0 Å². The molecular formula is C21H37NO. The number of phenols is 1. The van der Waals surface area contributed by atoms with E-state index in [4.69, 9.17) is 0 Å². The van der Waals surface area contributed by atoms with Gasteiger partial charge in [0, 0.05) is 0 Å². The van der Waals surface area contributed by atoms with Gasteiger partial charge in [-0.05, 0) is 43.6 Å². The minimum absolute atomic E-state index is 0.350. The zero-order chi connectivity index (χ0) is 16.6. The predicted molar refractivity (Wildman–Crippen MR) is 101 cm³/mol. The third-order valence-corrected chi connectivity index (χ3v) is 4.48. The van der Waals surface area contributed by atoms with Gasteiger partial charge in [0.25, 0.3) is 0 Å². The van der Waals surface area contributed by atoms with E-state index < -0.39 is 0 Å². The molecule has 0 aliphatic carbocycles. The Morgan fingerprint density at radius 3 is 1.78 bits per heavy atom. The van der Waals surface area contributed by atoms with Crippen LogP contribution in [0.25, 0.3) is 0 Å². The molecule has 0 fully saturated rings. The van der Waals surface area contributed by atoms with E-state index in [9.17, 15) is 5.11 Å². The smallest absolute Gasteiger partial charge is 0.115 e. The van der Waals surface area contributed by atoms with Crippen LogP contribution in [0.5, 0.6) is 5.75 Å². The predicted octanol–water partition coefficient (Wildman–Crippen LogP) is 5.84. The molecule has 0 spiro atoms. The van der Waals surface area contributed by atoms with Gasteiger partial charge in [0.1, 0.15) is 5.75 Å². The normalized spacial score (nSPS) is 11.0. The number of aromatic hydroxyl groups is 1. The molecule has 0 atom stereocenters. The van der Waals surface area contributed by atoms with Crippen LogP contribution in [0, 0.1) is 0 Å². The van der Waals surface area contributed by atoms with Crippen molar-refractivity contribution in [2.75, 3.05) is 13.1 Å². The zero-order valence-corrected chi connectivity index (χ0v) is 15.2. The molecule has 0 bridgehead atoms. The van der Waals surface area contributed by atoms with Crippen molar-refractivity contribution in [3.05, 3.63) is 29.8 Å². The minimum Gasteiger partial charge on any atom is -0.508 e. The summed E-state index contributed by atoms with van der Waals surface area (Å²) in [5.41, 5.74) is 1.29. The van der Waals surface area contributed by atoms with Crippen molar-refractivity contribution in [2.45, 2.75) is 84.0 Å². The fourth-order valence-corrected chi connectivity index (χ4v) is 2.93. The molecule has 0 saturated heterocycles. The number of unbranched alkanes of at least 4 members (excludes halogenated alkanes) is 10. The molecular weight excluding hydrogens is 282 g/mol. The summed E-state index contributed by atoms with van der Waals surface area (Å²) >= 11 is 0. The Hall–Kier alpha value is -1.02. The largest absolute Gasteiger partial charge is 0.508 e. The maximum Gasteiger partial charge on any atom is 0.115 e. The highest BCUT2D eigenvalue weighted by molar-refractivity contribution is 5.25. The van der Waals surface area contributed by atoms with Crippen molar-refractivity contribution in [3.8, 4) is 5.75 Å². The fraction of sp³-hybridized carbons (Fsp3) is 0.714. The van der Waals surface area contributed by atoms with E-state index in [1.54, 1.807) is 12.1 Å². The zero-order valence-electron chi connectivity index (χ0n) is 15.2. The standard InChI is InChI=1S/C21H37NO/c1-2-3-4-5-6-7-8-9-10-11-12-18-22-19-17-20-13-15-21(23)16-14-20/h13-16,22-23H,2-12,17-19H2,1H3. The van der Waals surface area contributed by atoms with Crippen LogP contribution in [0.4, 0.5) is 0 Å². The van der Waals surface area contributed by atoms with Crippen LogP contribution >= 0.6 is 0 Å². The topological polar surface area (TPSA) is 32.3 Å². The molecule has 0 aliphatic rings. The van der Waals surface area contributed by atoms with Crippen LogP contribution in [-0.2, 0) is 6.42 Å². The van der Waals surface area contributed by atoms with Gasteiger partial charge in [-0.15, -0.1) is 0 Å². The van der Waals surface area contributed by atoms with Crippen LogP contribution in [0.3, 0.4) is 0 Å². The van der Waals surface area contributed by atoms with Crippen molar-refractivity contribution in [1.82, 2.24) is 5.32 Å². The molecule has 2 heteroatoms. The van der Waals surface area contributed by atoms with Crippen molar-refractivity contribution < 1.29 is 5.11 Å². The van der Waals surface area contributed by atoms with Gasteiger partial charge >= 0.3 is 0 Å². The molecule has 0 unspecified atom stereocenters. The van der Waals surface area contributed by atoms with Gasteiger partial charge in [-0.3, -0.25) is 0 Å². The molecule has 2 N–H and O–H groups in total. The van der Waals surface area contributed by atoms with Gasteiger partial charge in [0.05, 0.1) is 0 Å². The van der Waals surface area contributed by atoms with Gasteiger partial charge in [-0.1, -0.05) is 83.3 Å². The Labute approximate surface area is 143 Å². The summed E-state index contributed by atoms with van der Waals surface area (Å²) < 4.78 is 0. The molecule has 2 nitrogen and oxygen atoms in total. The van der Waals surface area contributed by atoms with Crippen LogP contribution in [0.1, 0.15) is 83.1 Å². The highest BCUT2D eigenvalue weighted by Crippen LogP contribution is 2.11. The molecule has 1 aromatic rings. The number of hydrogen-bond acceptors (Lipinski definition) is 2. The molecule has 0 radical (unpaired) electrons. The highest BCUT2D eigenvalue weighted by atomic mass is 16.3. The van der Waals surface area contributed by atoms with Crippen LogP contribution in [0.2, 0.25) is 0 Å². The van der Waals surface area contributed by atoms with Gasteiger partial charge in [-0.2, -0.15) is 0 Å². The van der Waals surface area contributed by atoms with E-state index in [2.05, 4.69) is 12.2 Å². The second kappa shape index (κ2) is 14.6. The first-order valence-electron chi connectivity index (χ1n) is 9.81. The molecule has 0 aromatic heterocycles. The second-order valence-corrected chi connectivity index (χ2v) is 6.70. The van der Waals surface area contributed by atoms with Crippen molar-refractivity contribution in [3.63, 3.8) is 0 Å². The summed E-state index contributed by atoms with van der Waals surface area (Å²) in [5, 5.41) is 12.8. The Bertz CT molecular complexity index is 361. The summed E-state index contributed by atoms with van der Waals surface area (Å²) in [6.07, 6.45) is 16.5. The second-order valence-electron chi connectivity index (χ2n) is 6.70. The lowest BCUT2D eigenvalue weighted by Crippen LogP contribution is -2.18. The molecule has 1 rings (SSSR count). The summed E-state index contributed by atoms with van der Waals surface area (Å²) in [5.74, 6) is 0.350. The first kappa shape index (κ1) is 20.0.